The van der Waals surface area contributed by atoms with E-state index >= 15 is 0 Å². The number of carbonyl (C=O) groups excluding carboxylic acids is 1. The van der Waals surface area contributed by atoms with Crippen LogP contribution in [0.25, 0.3) is 0 Å². The van der Waals surface area contributed by atoms with E-state index in [1.165, 1.54) is 6.92 Å². The van der Waals surface area contributed by atoms with Gasteiger partial charge in [-0.1, -0.05) is 13.8 Å². The lowest BCUT2D eigenvalue weighted by atomic mass is 9.95. The Hall–Kier alpha value is -0.440. The van der Waals surface area contributed by atoms with Crippen LogP contribution in [-0.2, 0) is 4.79 Å². The number of hydrogen-bond donors (Lipinski definition) is 1. The highest BCUT2D eigenvalue weighted by atomic mass is 19.1. The maximum absolute atomic E-state index is 12.2. The maximum atomic E-state index is 12.2. The van der Waals surface area contributed by atoms with E-state index in [1.54, 1.807) is 0 Å². The molecular weight excluding hydrogens is 157 g/mol. The van der Waals surface area contributed by atoms with Crippen LogP contribution < -0.4 is 5.32 Å². The summed E-state index contributed by atoms with van der Waals surface area (Å²) in [6, 6.07) is 0. The van der Waals surface area contributed by atoms with Crippen molar-refractivity contribution < 1.29 is 9.18 Å². The van der Waals surface area contributed by atoms with Gasteiger partial charge in [0.1, 0.15) is 0 Å². The van der Waals surface area contributed by atoms with Gasteiger partial charge >= 0.3 is 0 Å². The minimum atomic E-state index is -1.28. The molecule has 0 saturated carbocycles. The lowest BCUT2D eigenvalue weighted by Gasteiger charge is -2.26. The molecule has 1 aliphatic rings. The number of hydrogen-bond acceptors (Lipinski definition) is 2. The smallest absolute Gasteiger partial charge is 0.166 e. The Bertz CT molecular complexity index is 132. The van der Waals surface area contributed by atoms with Crippen LogP contribution in [0.5, 0.6) is 0 Å². The first kappa shape index (κ1) is 11.6. The minimum absolute atomic E-state index is 0.258. The summed E-state index contributed by atoms with van der Waals surface area (Å²) in [5.74, 6) is 0.136. The number of Topliss-reactive ketones (excluding diaryl/α,β-unsaturated/α-hetero) is 1. The van der Waals surface area contributed by atoms with Crippen LogP contribution in [0, 0.1) is 5.92 Å². The molecule has 0 aromatic heterocycles. The van der Waals surface area contributed by atoms with Crippen molar-refractivity contribution in [3.05, 3.63) is 0 Å². The van der Waals surface area contributed by atoms with Gasteiger partial charge in [0.15, 0.2) is 12.0 Å². The molecule has 0 radical (unpaired) electrons. The van der Waals surface area contributed by atoms with E-state index in [-0.39, 0.29) is 5.78 Å². The highest BCUT2D eigenvalue weighted by Gasteiger charge is 2.22. The van der Waals surface area contributed by atoms with Crippen molar-refractivity contribution in [1.82, 2.24) is 5.32 Å². The second kappa shape index (κ2) is 6.12. The predicted octanol–water partition coefficient (Wildman–Crippen LogP) is 1.55. The monoisotopic (exact) mass is 175 g/mol. The molecule has 0 spiro atoms. The Morgan fingerprint density at radius 1 is 1.58 bits per heavy atom. The van der Waals surface area contributed by atoms with Crippen LogP contribution in [0.4, 0.5) is 4.39 Å². The Labute approximate surface area is 73.5 Å². The molecule has 72 valence electrons. The summed E-state index contributed by atoms with van der Waals surface area (Å²) in [7, 11) is 0. The van der Waals surface area contributed by atoms with Gasteiger partial charge in [0.05, 0.1) is 0 Å². The van der Waals surface area contributed by atoms with Crippen molar-refractivity contribution in [2.24, 2.45) is 5.92 Å². The van der Waals surface area contributed by atoms with Crippen LogP contribution in [0.3, 0.4) is 0 Å². The number of alkyl halides is 1. The van der Waals surface area contributed by atoms with Crippen molar-refractivity contribution in [3.8, 4) is 0 Å². The van der Waals surface area contributed by atoms with Crippen LogP contribution in [0.2, 0.25) is 0 Å². The molecule has 12 heavy (non-hydrogen) atoms. The average molecular weight is 175 g/mol. The van der Waals surface area contributed by atoms with Crippen LogP contribution in [0.1, 0.15) is 27.2 Å². The van der Waals surface area contributed by atoms with Gasteiger partial charge in [-0.05, 0) is 25.9 Å². The molecule has 1 rings (SSSR count). The largest absolute Gasteiger partial charge is 0.316 e. The molecule has 3 heteroatoms. The molecular formula is C9H18FNO. The summed E-state index contributed by atoms with van der Waals surface area (Å²) in [5.41, 5.74) is 0. The molecule has 1 atom stereocenters. The molecule has 1 aliphatic heterocycles. The lowest BCUT2D eigenvalue weighted by molar-refractivity contribution is -0.124. The third-order valence-electron chi connectivity index (χ3n) is 1.80. The average Bonchev–Trinajstić information content (AvgIpc) is 2.00. The molecule has 0 aromatic rings. The molecule has 0 aliphatic carbocycles. The predicted molar refractivity (Wildman–Crippen MR) is 47.9 cm³/mol. The molecule has 1 unspecified atom stereocenters. The van der Waals surface area contributed by atoms with Crippen molar-refractivity contribution in [2.45, 2.75) is 33.4 Å². The highest BCUT2D eigenvalue weighted by molar-refractivity contribution is 5.82. The van der Waals surface area contributed by atoms with Gasteiger partial charge in [0, 0.05) is 6.42 Å². The summed E-state index contributed by atoms with van der Waals surface area (Å²) >= 11 is 0. The summed E-state index contributed by atoms with van der Waals surface area (Å²) in [6.07, 6.45) is -0.870. The van der Waals surface area contributed by atoms with Crippen LogP contribution in [0.15, 0.2) is 0 Å². The Balaban J connectivity index is 0.000000561. The van der Waals surface area contributed by atoms with E-state index in [4.69, 9.17) is 0 Å². The van der Waals surface area contributed by atoms with E-state index in [1.807, 2.05) is 13.8 Å². The van der Waals surface area contributed by atoms with E-state index in [2.05, 4.69) is 5.32 Å². The number of rotatable bonds is 3. The molecule has 2 nitrogen and oxygen atoms in total. The second-order valence-corrected chi connectivity index (χ2v) is 2.81. The quantitative estimate of drug-likeness (QED) is 0.705. The van der Waals surface area contributed by atoms with Gasteiger partial charge in [-0.15, -0.1) is 0 Å². The van der Waals surface area contributed by atoms with Crippen LogP contribution in [-0.4, -0.2) is 25.0 Å². The SMILES string of the molecule is CC.CC(F)C(=O)CC1CNC1. The maximum Gasteiger partial charge on any atom is 0.166 e. The molecule has 0 bridgehead atoms. The Morgan fingerprint density at radius 3 is 2.33 bits per heavy atom. The number of halogens is 1. The zero-order valence-corrected chi connectivity index (χ0v) is 8.06. The second-order valence-electron chi connectivity index (χ2n) is 2.81. The standard InChI is InChI=1S/C7H12FNO.C2H6/c1-5(8)7(10)2-6-3-9-4-6;1-2/h5-6,9H,2-4H2,1H3;1-2H3. The van der Waals surface area contributed by atoms with Gasteiger partial charge in [-0.2, -0.15) is 0 Å². The Morgan fingerprint density at radius 2 is 2.08 bits per heavy atom. The normalized spacial score (nSPS) is 18.7. The fourth-order valence-electron chi connectivity index (χ4n) is 0.940. The number of nitrogens with one attached hydrogen (secondary N) is 1. The van der Waals surface area contributed by atoms with E-state index in [9.17, 15) is 9.18 Å². The molecule has 1 saturated heterocycles. The molecule has 1 fully saturated rings. The third-order valence-corrected chi connectivity index (χ3v) is 1.80. The number of carbonyl (C=O) groups is 1. The zero-order valence-electron chi connectivity index (χ0n) is 8.06. The van der Waals surface area contributed by atoms with Gasteiger partial charge in [0.25, 0.3) is 0 Å². The zero-order chi connectivity index (χ0) is 9.56. The van der Waals surface area contributed by atoms with Crippen LogP contribution >= 0.6 is 0 Å². The molecule has 1 heterocycles. The highest BCUT2D eigenvalue weighted by Crippen LogP contribution is 2.10. The van der Waals surface area contributed by atoms with E-state index in [0.717, 1.165) is 13.1 Å². The first-order valence-electron chi connectivity index (χ1n) is 4.57. The van der Waals surface area contributed by atoms with Gasteiger partial charge in [-0.3, -0.25) is 4.79 Å². The topological polar surface area (TPSA) is 29.1 Å². The van der Waals surface area contributed by atoms with Gasteiger partial charge in [-0.25, -0.2) is 4.39 Å². The van der Waals surface area contributed by atoms with Crippen molar-refractivity contribution >= 4 is 5.78 Å². The minimum Gasteiger partial charge on any atom is -0.316 e. The van der Waals surface area contributed by atoms with Crippen molar-refractivity contribution in [3.63, 3.8) is 0 Å². The summed E-state index contributed by atoms with van der Waals surface area (Å²) in [4.78, 5) is 10.7. The van der Waals surface area contributed by atoms with E-state index in [0.29, 0.717) is 12.3 Å². The summed E-state index contributed by atoms with van der Waals surface area (Å²) in [5, 5.41) is 3.03. The third kappa shape index (κ3) is 3.81. The van der Waals surface area contributed by atoms with Gasteiger partial charge in [0.2, 0.25) is 0 Å². The number of ketones is 1. The molecule has 0 aromatic carbocycles. The lowest BCUT2D eigenvalue weighted by Crippen LogP contribution is -2.43. The summed E-state index contributed by atoms with van der Waals surface area (Å²) in [6.45, 7) is 7.05. The first-order chi connectivity index (χ1) is 5.70. The summed E-state index contributed by atoms with van der Waals surface area (Å²) < 4.78 is 12.2. The van der Waals surface area contributed by atoms with Crippen molar-refractivity contribution in [2.75, 3.05) is 13.1 Å². The first-order valence-corrected chi connectivity index (χ1v) is 4.57. The fourth-order valence-corrected chi connectivity index (χ4v) is 0.940. The fraction of sp³-hybridized carbons (Fsp3) is 0.889. The van der Waals surface area contributed by atoms with Gasteiger partial charge < -0.3 is 5.32 Å². The van der Waals surface area contributed by atoms with E-state index < -0.39 is 6.17 Å². The molecule has 0 amide bonds. The molecule has 1 N–H and O–H groups in total. The Kier molecular flexibility index (Phi) is 5.89. The van der Waals surface area contributed by atoms with Crippen molar-refractivity contribution in [1.29, 1.82) is 0 Å².